The molecule has 1 aliphatic heterocycles. The third-order valence-corrected chi connectivity index (χ3v) is 4.91. The largest absolute Gasteiger partial charge is 0.506 e. The van der Waals surface area contributed by atoms with Crippen LogP contribution in [0.25, 0.3) is 10.8 Å². The molecule has 0 spiro atoms. The van der Waals surface area contributed by atoms with Gasteiger partial charge in [0.15, 0.2) is 6.10 Å². The summed E-state index contributed by atoms with van der Waals surface area (Å²) in [5, 5.41) is 11.8. The first-order valence-corrected chi connectivity index (χ1v) is 8.87. The molecule has 0 saturated heterocycles. The minimum Gasteiger partial charge on any atom is -0.506 e. The Labute approximate surface area is 156 Å². The molecule has 27 heavy (non-hydrogen) atoms. The van der Waals surface area contributed by atoms with Crippen molar-refractivity contribution in [1.29, 1.82) is 0 Å². The smallest absolute Gasteiger partial charge is 0.342 e. The van der Waals surface area contributed by atoms with Crippen LogP contribution in [-0.2, 0) is 16.0 Å². The van der Waals surface area contributed by atoms with Crippen molar-refractivity contribution in [1.82, 2.24) is 0 Å². The predicted molar refractivity (Wildman–Crippen MR) is 103 cm³/mol. The van der Waals surface area contributed by atoms with Gasteiger partial charge in [-0.15, -0.1) is 0 Å². The third-order valence-electron chi connectivity index (χ3n) is 4.91. The van der Waals surface area contributed by atoms with Crippen LogP contribution in [0.15, 0.2) is 60.7 Å². The summed E-state index contributed by atoms with van der Waals surface area (Å²) < 4.78 is 5.37. The van der Waals surface area contributed by atoms with Crippen molar-refractivity contribution in [2.24, 2.45) is 0 Å². The average Bonchev–Trinajstić information content (AvgIpc) is 3.11. The molecule has 136 valence electrons. The van der Waals surface area contributed by atoms with Gasteiger partial charge in [0, 0.05) is 17.6 Å². The van der Waals surface area contributed by atoms with Crippen molar-refractivity contribution in [3.63, 3.8) is 0 Å². The van der Waals surface area contributed by atoms with E-state index in [-0.39, 0.29) is 17.2 Å². The monoisotopic (exact) mass is 361 g/mol. The second-order valence-corrected chi connectivity index (χ2v) is 6.60. The number of esters is 1. The second kappa shape index (κ2) is 6.76. The Kier molecular flexibility index (Phi) is 4.28. The number of phenols is 1. The van der Waals surface area contributed by atoms with Crippen molar-refractivity contribution in [2.75, 3.05) is 11.4 Å². The number of phenolic OH excluding ortho intramolecular Hbond substituents is 1. The highest BCUT2D eigenvalue weighted by Crippen LogP contribution is 2.30. The lowest BCUT2D eigenvalue weighted by molar-refractivity contribution is -0.126. The van der Waals surface area contributed by atoms with Crippen molar-refractivity contribution >= 4 is 28.3 Å². The van der Waals surface area contributed by atoms with Crippen LogP contribution in [0, 0.1) is 0 Å². The highest BCUT2D eigenvalue weighted by atomic mass is 16.5. The number of aromatic hydroxyl groups is 1. The molecule has 5 nitrogen and oxygen atoms in total. The zero-order valence-electron chi connectivity index (χ0n) is 14.9. The molecule has 1 N–H and O–H groups in total. The van der Waals surface area contributed by atoms with Crippen LogP contribution in [0.3, 0.4) is 0 Å². The van der Waals surface area contributed by atoms with Crippen LogP contribution in [0.1, 0.15) is 22.8 Å². The van der Waals surface area contributed by atoms with E-state index in [0.717, 1.165) is 23.1 Å². The Morgan fingerprint density at radius 2 is 1.78 bits per heavy atom. The number of rotatable bonds is 3. The minimum absolute atomic E-state index is 0.0511. The minimum atomic E-state index is -0.950. The average molecular weight is 361 g/mol. The number of fused-ring (bicyclic) bond motifs is 2. The lowest BCUT2D eigenvalue weighted by Crippen LogP contribution is -2.39. The number of ether oxygens (including phenoxy) is 1. The molecule has 0 fully saturated rings. The predicted octanol–water partition coefficient (Wildman–Crippen LogP) is 3.68. The van der Waals surface area contributed by atoms with Gasteiger partial charge in [0.1, 0.15) is 11.3 Å². The summed E-state index contributed by atoms with van der Waals surface area (Å²) >= 11 is 0. The van der Waals surface area contributed by atoms with Gasteiger partial charge in [-0.1, -0.05) is 48.5 Å². The van der Waals surface area contributed by atoms with E-state index in [1.807, 2.05) is 36.4 Å². The quantitative estimate of drug-likeness (QED) is 0.723. The summed E-state index contributed by atoms with van der Waals surface area (Å²) in [4.78, 5) is 26.9. The fourth-order valence-electron chi connectivity index (χ4n) is 3.48. The van der Waals surface area contributed by atoms with Gasteiger partial charge in [0.25, 0.3) is 5.91 Å². The molecule has 0 bridgehead atoms. The molecule has 1 aliphatic rings. The zero-order valence-corrected chi connectivity index (χ0v) is 14.9. The number of amides is 1. The molecule has 0 radical (unpaired) electrons. The normalized spacial score (nSPS) is 14.0. The van der Waals surface area contributed by atoms with Crippen molar-refractivity contribution in [3.05, 3.63) is 71.8 Å². The number of para-hydroxylation sites is 1. The summed E-state index contributed by atoms with van der Waals surface area (Å²) in [5.41, 5.74) is 2.02. The molecule has 0 aromatic heterocycles. The number of carbonyl (C=O) groups is 2. The molecule has 1 atom stereocenters. The number of hydrogen-bond acceptors (Lipinski definition) is 4. The van der Waals surface area contributed by atoms with Crippen LogP contribution in [-0.4, -0.2) is 29.6 Å². The van der Waals surface area contributed by atoms with Crippen LogP contribution in [0.4, 0.5) is 5.69 Å². The van der Waals surface area contributed by atoms with E-state index in [0.29, 0.717) is 11.9 Å². The summed E-state index contributed by atoms with van der Waals surface area (Å²) in [7, 11) is 0. The number of benzene rings is 3. The number of nitrogens with zero attached hydrogens (tertiary/aromatic N) is 1. The van der Waals surface area contributed by atoms with Crippen LogP contribution in [0.2, 0.25) is 0 Å². The molecule has 4 rings (SSSR count). The lowest BCUT2D eigenvalue weighted by atomic mass is 10.1. The molecule has 3 aromatic rings. The Morgan fingerprint density at radius 1 is 1.04 bits per heavy atom. The molecule has 5 heteroatoms. The Bertz CT molecular complexity index is 1040. The zero-order chi connectivity index (χ0) is 19.0. The SMILES string of the molecule is C[C@H](OC(=O)c1ccc2ccccc2c1O)C(=O)N1CCc2ccccc21. The number of anilines is 1. The number of hydrogen-bond donors (Lipinski definition) is 1. The highest BCUT2D eigenvalue weighted by molar-refractivity contribution is 6.03. The highest BCUT2D eigenvalue weighted by Gasteiger charge is 2.30. The van der Waals surface area contributed by atoms with E-state index in [1.165, 1.54) is 6.07 Å². The first-order valence-electron chi connectivity index (χ1n) is 8.87. The Hall–Kier alpha value is -3.34. The maximum atomic E-state index is 12.8. The number of carbonyl (C=O) groups excluding carboxylic acids is 2. The van der Waals surface area contributed by atoms with Gasteiger partial charge in [0.2, 0.25) is 0 Å². The van der Waals surface area contributed by atoms with E-state index in [9.17, 15) is 14.7 Å². The molecule has 0 saturated carbocycles. The van der Waals surface area contributed by atoms with Gasteiger partial charge in [-0.05, 0) is 36.4 Å². The van der Waals surface area contributed by atoms with E-state index >= 15 is 0 Å². The second-order valence-electron chi connectivity index (χ2n) is 6.60. The first kappa shape index (κ1) is 17.1. The summed E-state index contributed by atoms with van der Waals surface area (Å²) in [6.45, 7) is 2.13. The molecule has 3 aromatic carbocycles. The Morgan fingerprint density at radius 3 is 2.63 bits per heavy atom. The fourth-order valence-corrected chi connectivity index (χ4v) is 3.48. The molecule has 1 heterocycles. The molecule has 1 amide bonds. The van der Waals surface area contributed by atoms with Crippen LogP contribution < -0.4 is 4.90 Å². The maximum absolute atomic E-state index is 12.8. The van der Waals surface area contributed by atoms with Gasteiger partial charge < -0.3 is 14.7 Å². The van der Waals surface area contributed by atoms with Gasteiger partial charge in [0.05, 0.1) is 0 Å². The van der Waals surface area contributed by atoms with E-state index < -0.39 is 12.1 Å². The van der Waals surface area contributed by atoms with E-state index in [1.54, 1.807) is 30.0 Å². The lowest BCUT2D eigenvalue weighted by Gasteiger charge is -2.22. The molecular formula is C22H19NO4. The van der Waals surface area contributed by atoms with Gasteiger partial charge in [-0.25, -0.2) is 4.79 Å². The van der Waals surface area contributed by atoms with Crippen molar-refractivity contribution in [3.8, 4) is 5.75 Å². The Balaban J connectivity index is 1.53. The van der Waals surface area contributed by atoms with Gasteiger partial charge in [-0.2, -0.15) is 0 Å². The summed E-state index contributed by atoms with van der Waals surface area (Å²) in [5.74, 6) is -1.12. The van der Waals surface area contributed by atoms with E-state index in [4.69, 9.17) is 4.74 Å². The summed E-state index contributed by atoms with van der Waals surface area (Å²) in [6, 6.07) is 18.2. The van der Waals surface area contributed by atoms with Crippen LogP contribution in [0.5, 0.6) is 5.75 Å². The topological polar surface area (TPSA) is 66.8 Å². The van der Waals surface area contributed by atoms with Crippen molar-refractivity contribution < 1.29 is 19.4 Å². The van der Waals surface area contributed by atoms with E-state index in [2.05, 4.69) is 0 Å². The standard InChI is InChI=1S/C22H19NO4/c1-14(21(25)23-13-12-16-7-3-5-9-19(16)23)27-22(26)18-11-10-15-6-2-4-8-17(15)20(18)24/h2-11,14,24H,12-13H2,1H3/t14-/m0/s1. The van der Waals surface area contributed by atoms with Crippen molar-refractivity contribution in [2.45, 2.75) is 19.4 Å². The summed E-state index contributed by atoms with van der Waals surface area (Å²) in [6.07, 6.45) is -0.164. The van der Waals surface area contributed by atoms with Crippen LogP contribution >= 0.6 is 0 Å². The first-order chi connectivity index (χ1) is 13.1. The maximum Gasteiger partial charge on any atom is 0.342 e. The molecule has 0 unspecified atom stereocenters. The fraction of sp³-hybridized carbons (Fsp3) is 0.182. The van der Waals surface area contributed by atoms with Gasteiger partial charge in [-0.3, -0.25) is 4.79 Å². The molecule has 0 aliphatic carbocycles. The molecular weight excluding hydrogens is 342 g/mol. The van der Waals surface area contributed by atoms with Gasteiger partial charge >= 0.3 is 5.97 Å². The third kappa shape index (κ3) is 3.01.